The van der Waals surface area contributed by atoms with E-state index in [1.807, 2.05) is 0 Å². The highest BCUT2D eigenvalue weighted by atomic mass is 32.2. The molecule has 0 bridgehead atoms. The normalized spacial score (nSPS) is 10.3. The number of nitrogens with two attached hydrogens (primary N) is 1. The fraction of sp³-hybridized carbons (Fsp3) is 0.333. The van der Waals surface area contributed by atoms with Crippen LogP contribution in [0.25, 0.3) is 0 Å². The molecule has 1 aromatic carbocycles. The van der Waals surface area contributed by atoms with Crippen LogP contribution < -0.4 is 16.6 Å². The SMILES string of the molecule is CSc1ccc(CNCNN)cc1. The van der Waals surface area contributed by atoms with Gasteiger partial charge in [-0.25, -0.2) is 5.43 Å². The Bertz CT molecular complexity index is 235. The van der Waals surface area contributed by atoms with Crippen LogP contribution >= 0.6 is 11.8 Å². The van der Waals surface area contributed by atoms with Gasteiger partial charge in [-0.3, -0.25) is 11.2 Å². The summed E-state index contributed by atoms with van der Waals surface area (Å²) in [7, 11) is 0. The minimum Gasteiger partial charge on any atom is -0.299 e. The molecule has 4 N–H and O–H groups in total. The summed E-state index contributed by atoms with van der Waals surface area (Å²) in [6.07, 6.45) is 2.07. The number of thioether (sulfide) groups is 1. The summed E-state index contributed by atoms with van der Waals surface area (Å²) in [6, 6.07) is 8.49. The van der Waals surface area contributed by atoms with Crippen molar-refractivity contribution in [3.8, 4) is 0 Å². The highest BCUT2D eigenvalue weighted by molar-refractivity contribution is 7.98. The largest absolute Gasteiger partial charge is 0.299 e. The molecule has 0 saturated carbocycles. The van der Waals surface area contributed by atoms with Gasteiger partial charge in [-0.2, -0.15) is 0 Å². The first-order chi connectivity index (χ1) is 6.36. The molecule has 72 valence electrons. The minimum atomic E-state index is 0.629. The second-order valence-electron chi connectivity index (χ2n) is 2.66. The van der Waals surface area contributed by atoms with Gasteiger partial charge >= 0.3 is 0 Å². The molecule has 0 amide bonds. The molecule has 1 rings (SSSR count). The van der Waals surface area contributed by atoms with Gasteiger partial charge in [0.1, 0.15) is 0 Å². The number of hydrazine groups is 1. The van der Waals surface area contributed by atoms with Crippen LogP contribution in [0.5, 0.6) is 0 Å². The molecule has 0 aliphatic rings. The maximum atomic E-state index is 5.12. The van der Waals surface area contributed by atoms with E-state index < -0.39 is 0 Å². The van der Waals surface area contributed by atoms with E-state index in [-0.39, 0.29) is 0 Å². The molecule has 0 atom stereocenters. The quantitative estimate of drug-likeness (QED) is 0.216. The van der Waals surface area contributed by atoms with Gasteiger partial charge in [0, 0.05) is 11.4 Å². The molecule has 0 aliphatic heterocycles. The van der Waals surface area contributed by atoms with Gasteiger partial charge in [-0.1, -0.05) is 12.1 Å². The summed E-state index contributed by atoms with van der Waals surface area (Å²) in [5.41, 5.74) is 3.82. The predicted molar refractivity (Wildman–Crippen MR) is 57.3 cm³/mol. The van der Waals surface area contributed by atoms with Crippen LogP contribution in [0.2, 0.25) is 0 Å². The van der Waals surface area contributed by atoms with Gasteiger partial charge in [0.15, 0.2) is 0 Å². The van der Waals surface area contributed by atoms with Gasteiger partial charge in [0.25, 0.3) is 0 Å². The Hall–Kier alpha value is -0.550. The van der Waals surface area contributed by atoms with Crippen molar-refractivity contribution in [1.82, 2.24) is 10.7 Å². The topological polar surface area (TPSA) is 50.1 Å². The van der Waals surface area contributed by atoms with E-state index in [9.17, 15) is 0 Å². The average molecular weight is 197 g/mol. The molecule has 0 unspecified atom stereocenters. The monoisotopic (exact) mass is 197 g/mol. The van der Waals surface area contributed by atoms with Crippen molar-refractivity contribution >= 4 is 11.8 Å². The molecule has 4 heteroatoms. The highest BCUT2D eigenvalue weighted by Crippen LogP contribution is 2.14. The van der Waals surface area contributed by atoms with Crippen molar-refractivity contribution in [2.24, 2.45) is 5.84 Å². The average Bonchev–Trinajstić information content (AvgIpc) is 2.19. The molecule has 0 radical (unpaired) electrons. The molecular weight excluding hydrogens is 182 g/mol. The second-order valence-corrected chi connectivity index (χ2v) is 3.54. The van der Waals surface area contributed by atoms with Crippen molar-refractivity contribution < 1.29 is 0 Å². The summed E-state index contributed by atoms with van der Waals surface area (Å²) in [5, 5.41) is 3.15. The summed E-state index contributed by atoms with van der Waals surface area (Å²) in [5.74, 6) is 5.12. The molecule has 0 aliphatic carbocycles. The zero-order valence-electron chi connectivity index (χ0n) is 7.71. The summed E-state index contributed by atoms with van der Waals surface area (Å²) in [4.78, 5) is 1.29. The van der Waals surface area contributed by atoms with Crippen LogP contribution in [0.1, 0.15) is 5.56 Å². The van der Waals surface area contributed by atoms with Gasteiger partial charge < -0.3 is 0 Å². The second kappa shape index (κ2) is 5.99. The van der Waals surface area contributed by atoms with Gasteiger partial charge in [0.2, 0.25) is 0 Å². The zero-order chi connectivity index (χ0) is 9.52. The Labute approximate surface area is 83.1 Å². The maximum absolute atomic E-state index is 5.12. The Morgan fingerprint density at radius 3 is 2.54 bits per heavy atom. The molecule has 0 saturated heterocycles. The molecule has 0 fully saturated rings. The lowest BCUT2D eigenvalue weighted by Crippen LogP contribution is -2.33. The summed E-state index contributed by atoms with van der Waals surface area (Å²) >= 11 is 1.75. The van der Waals surface area contributed by atoms with Crippen LogP contribution in [0, 0.1) is 0 Å². The molecule has 0 aromatic heterocycles. The predicted octanol–water partition coefficient (Wildman–Crippen LogP) is 0.919. The number of hydrogen-bond acceptors (Lipinski definition) is 4. The van der Waals surface area contributed by atoms with E-state index in [4.69, 9.17) is 5.84 Å². The minimum absolute atomic E-state index is 0.629. The van der Waals surface area contributed by atoms with Gasteiger partial charge in [-0.15, -0.1) is 11.8 Å². The third-order valence-corrected chi connectivity index (χ3v) is 2.46. The van der Waals surface area contributed by atoms with Crippen molar-refractivity contribution in [1.29, 1.82) is 0 Å². The van der Waals surface area contributed by atoms with Crippen LogP contribution in [0.4, 0.5) is 0 Å². The van der Waals surface area contributed by atoms with E-state index in [2.05, 4.69) is 41.3 Å². The first-order valence-corrected chi connectivity index (χ1v) is 5.36. The Morgan fingerprint density at radius 2 is 2.00 bits per heavy atom. The maximum Gasteiger partial charge on any atom is 0.0590 e. The summed E-state index contributed by atoms with van der Waals surface area (Å²) in [6.45, 7) is 1.48. The molecule has 0 heterocycles. The number of nitrogens with one attached hydrogen (secondary N) is 2. The standard InChI is InChI=1S/C9H15N3S/c1-13-9-4-2-8(3-5-9)6-11-7-12-10/h2-5,11-12H,6-7,10H2,1H3. The summed E-state index contributed by atoms with van der Waals surface area (Å²) < 4.78 is 0. The number of benzene rings is 1. The van der Waals surface area contributed by atoms with E-state index in [0.29, 0.717) is 6.67 Å². The molecule has 1 aromatic rings. The molecule has 0 spiro atoms. The van der Waals surface area contributed by atoms with Crippen LogP contribution in [-0.2, 0) is 6.54 Å². The first-order valence-electron chi connectivity index (χ1n) is 4.14. The van der Waals surface area contributed by atoms with E-state index in [1.54, 1.807) is 11.8 Å². The number of rotatable bonds is 5. The zero-order valence-corrected chi connectivity index (χ0v) is 8.53. The van der Waals surface area contributed by atoms with Crippen molar-refractivity contribution in [2.75, 3.05) is 12.9 Å². The lowest BCUT2D eigenvalue weighted by molar-refractivity contribution is 0.601. The van der Waals surface area contributed by atoms with Crippen molar-refractivity contribution in [2.45, 2.75) is 11.4 Å². The van der Waals surface area contributed by atoms with Gasteiger partial charge in [0.05, 0.1) is 6.67 Å². The highest BCUT2D eigenvalue weighted by Gasteiger charge is 1.92. The number of hydrogen-bond donors (Lipinski definition) is 3. The lowest BCUT2D eigenvalue weighted by atomic mass is 10.2. The van der Waals surface area contributed by atoms with Crippen LogP contribution in [-0.4, -0.2) is 12.9 Å². The third-order valence-electron chi connectivity index (χ3n) is 1.72. The first kappa shape index (κ1) is 10.5. The lowest BCUT2D eigenvalue weighted by Gasteiger charge is -2.04. The fourth-order valence-corrected chi connectivity index (χ4v) is 1.43. The van der Waals surface area contributed by atoms with Crippen molar-refractivity contribution in [3.05, 3.63) is 29.8 Å². The molecule has 3 nitrogen and oxygen atoms in total. The molecular formula is C9H15N3S. The van der Waals surface area contributed by atoms with Gasteiger partial charge in [-0.05, 0) is 24.0 Å². The Morgan fingerprint density at radius 1 is 1.31 bits per heavy atom. The molecule has 13 heavy (non-hydrogen) atoms. The third kappa shape index (κ3) is 3.78. The van der Waals surface area contributed by atoms with E-state index in [0.717, 1.165) is 6.54 Å². The van der Waals surface area contributed by atoms with E-state index >= 15 is 0 Å². The van der Waals surface area contributed by atoms with Crippen molar-refractivity contribution in [3.63, 3.8) is 0 Å². The Balaban J connectivity index is 2.40. The van der Waals surface area contributed by atoms with Crippen LogP contribution in [0.15, 0.2) is 29.2 Å². The fourth-order valence-electron chi connectivity index (χ4n) is 1.02. The Kier molecular flexibility index (Phi) is 4.85. The van der Waals surface area contributed by atoms with Crippen LogP contribution in [0.3, 0.4) is 0 Å². The smallest absolute Gasteiger partial charge is 0.0590 e. The van der Waals surface area contributed by atoms with E-state index in [1.165, 1.54) is 10.5 Å².